The average molecular weight is 317 g/mol. The minimum absolute atomic E-state index is 0.00356. The van der Waals surface area contributed by atoms with Gasteiger partial charge < -0.3 is 9.80 Å². The number of carbonyl (C=O) groups excluding carboxylic acids is 1. The summed E-state index contributed by atoms with van der Waals surface area (Å²) in [6, 6.07) is 7.80. The van der Waals surface area contributed by atoms with Gasteiger partial charge in [0.15, 0.2) is 0 Å². The third kappa shape index (κ3) is 3.04. The number of hydrogen-bond donors (Lipinski definition) is 0. The Balaban J connectivity index is 1.67. The summed E-state index contributed by atoms with van der Waals surface area (Å²) in [7, 11) is 0. The van der Waals surface area contributed by atoms with Gasteiger partial charge in [0, 0.05) is 43.1 Å². The van der Waals surface area contributed by atoms with Crippen molar-refractivity contribution in [2.75, 3.05) is 31.1 Å². The zero-order valence-corrected chi connectivity index (χ0v) is 13.1. The number of benzene rings is 1. The molecule has 0 saturated carbocycles. The summed E-state index contributed by atoms with van der Waals surface area (Å²) in [4.78, 5) is 24.7. The van der Waals surface area contributed by atoms with Crippen molar-refractivity contribution in [2.24, 2.45) is 0 Å². The Morgan fingerprint density at radius 1 is 1.23 bits per heavy atom. The monoisotopic (exact) mass is 316 g/mol. The molecular weight excluding hydrogens is 300 g/mol. The van der Waals surface area contributed by atoms with Gasteiger partial charge in [0.1, 0.15) is 6.33 Å². The number of carbonyl (C=O) groups is 1. The minimum atomic E-state index is 0.00356. The van der Waals surface area contributed by atoms with E-state index >= 15 is 0 Å². The van der Waals surface area contributed by atoms with E-state index in [1.165, 1.54) is 6.33 Å². The van der Waals surface area contributed by atoms with Crippen molar-refractivity contribution >= 4 is 23.2 Å². The van der Waals surface area contributed by atoms with Crippen LogP contribution in [0.2, 0.25) is 5.02 Å². The molecule has 2 heterocycles. The second-order valence-electron chi connectivity index (χ2n) is 5.28. The van der Waals surface area contributed by atoms with Crippen molar-refractivity contribution < 1.29 is 4.79 Å². The normalized spacial score (nSPS) is 15.0. The molecule has 0 unspecified atom stereocenters. The van der Waals surface area contributed by atoms with E-state index in [0.717, 1.165) is 29.5 Å². The molecule has 1 aliphatic rings. The largest absolute Gasteiger partial charge is 0.368 e. The second kappa shape index (κ2) is 6.32. The fourth-order valence-corrected chi connectivity index (χ4v) is 2.80. The molecule has 5 nitrogen and oxygen atoms in total. The molecule has 1 saturated heterocycles. The fourth-order valence-electron chi connectivity index (χ4n) is 2.61. The molecule has 1 aliphatic heterocycles. The number of anilines is 1. The first-order valence-corrected chi connectivity index (χ1v) is 7.59. The van der Waals surface area contributed by atoms with Crippen LogP contribution in [0.4, 0.5) is 5.69 Å². The van der Waals surface area contributed by atoms with E-state index in [1.54, 1.807) is 6.20 Å². The third-order valence-corrected chi connectivity index (χ3v) is 4.12. The smallest absolute Gasteiger partial charge is 0.257 e. The van der Waals surface area contributed by atoms with E-state index in [0.29, 0.717) is 18.7 Å². The van der Waals surface area contributed by atoms with Gasteiger partial charge in [-0.1, -0.05) is 17.7 Å². The maximum absolute atomic E-state index is 12.5. The predicted octanol–water partition coefficient (Wildman–Crippen LogP) is 2.40. The van der Waals surface area contributed by atoms with Crippen LogP contribution < -0.4 is 4.90 Å². The predicted molar refractivity (Wildman–Crippen MR) is 86.3 cm³/mol. The Labute approximate surface area is 134 Å². The van der Waals surface area contributed by atoms with Crippen LogP contribution in [0, 0.1) is 6.92 Å². The molecule has 1 aromatic carbocycles. The molecule has 3 rings (SSSR count). The molecule has 0 bridgehead atoms. The van der Waals surface area contributed by atoms with Gasteiger partial charge in [-0.3, -0.25) is 4.79 Å². The highest BCUT2D eigenvalue weighted by Crippen LogP contribution is 2.21. The third-order valence-electron chi connectivity index (χ3n) is 3.88. The quantitative estimate of drug-likeness (QED) is 0.853. The number of halogens is 1. The van der Waals surface area contributed by atoms with Gasteiger partial charge in [-0.05, 0) is 25.1 Å². The Hall–Kier alpha value is -2.14. The van der Waals surface area contributed by atoms with Gasteiger partial charge in [-0.25, -0.2) is 9.97 Å². The molecule has 6 heteroatoms. The summed E-state index contributed by atoms with van der Waals surface area (Å²) in [5.74, 6) is 0.00356. The van der Waals surface area contributed by atoms with Gasteiger partial charge in [0.2, 0.25) is 0 Å². The molecule has 22 heavy (non-hydrogen) atoms. The van der Waals surface area contributed by atoms with Crippen molar-refractivity contribution in [3.63, 3.8) is 0 Å². The van der Waals surface area contributed by atoms with Crippen LogP contribution in [-0.2, 0) is 0 Å². The standard InChI is InChI=1S/C16H17ClN4O/c1-12-15(10-18-11-19-12)16(22)21-7-5-20(6-8-21)14-4-2-3-13(17)9-14/h2-4,9-11H,5-8H2,1H3. The molecule has 0 spiro atoms. The van der Waals surface area contributed by atoms with Crippen molar-refractivity contribution in [2.45, 2.75) is 6.92 Å². The fraction of sp³-hybridized carbons (Fsp3) is 0.312. The summed E-state index contributed by atoms with van der Waals surface area (Å²) < 4.78 is 0. The van der Waals surface area contributed by atoms with Gasteiger partial charge >= 0.3 is 0 Å². The summed E-state index contributed by atoms with van der Waals surface area (Å²) >= 11 is 6.04. The van der Waals surface area contributed by atoms with Gasteiger partial charge in [-0.2, -0.15) is 0 Å². The lowest BCUT2D eigenvalue weighted by molar-refractivity contribution is 0.0745. The SMILES string of the molecule is Cc1ncncc1C(=O)N1CCN(c2cccc(Cl)c2)CC1. The number of aromatic nitrogens is 2. The Bertz CT molecular complexity index is 683. The van der Waals surface area contributed by atoms with Crippen molar-refractivity contribution in [1.82, 2.24) is 14.9 Å². The lowest BCUT2D eigenvalue weighted by Gasteiger charge is -2.36. The molecule has 0 radical (unpaired) electrons. The van der Waals surface area contributed by atoms with Crippen molar-refractivity contribution in [3.05, 3.63) is 53.1 Å². The van der Waals surface area contributed by atoms with Gasteiger partial charge in [-0.15, -0.1) is 0 Å². The van der Waals surface area contributed by atoms with E-state index in [4.69, 9.17) is 11.6 Å². The molecule has 0 aliphatic carbocycles. The van der Waals surface area contributed by atoms with Crippen molar-refractivity contribution in [3.8, 4) is 0 Å². The van der Waals surface area contributed by atoms with E-state index in [1.807, 2.05) is 36.1 Å². The van der Waals surface area contributed by atoms with Crippen LogP contribution in [0.3, 0.4) is 0 Å². The summed E-state index contributed by atoms with van der Waals surface area (Å²) in [5, 5.41) is 0.730. The molecule has 2 aromatic rings. The van der Waals surface area contributed by atoms with E-state index in [-0.39, 0.29) is 5.91 Å². The zero-order valence-electron chi connectivity index (χ0n) is 12.4. The first-order valence-electron chi connectivity index (χ1n) is 7.21. The van der Waals surface area contributed by atoms with Crippen LogP contribution in [0.1, 0.15) is 16.1 Å². The van der Waals surface area contributed by atoms with Crippen LogP contribution in [0.25, 0.3) is 0 Å². The highest BCUT2D eigenvalue weighted by Gasteiger charge is 2.23. The Kier molecular flexibility index (Phi) is 4.24. The minimum Gasteiger partial charge on any atom is -0.368 e. The highest BCUT2D eigenvalue weighted by atomic mass is 35.5. The topological polar surface area (TPSA) is 49.3 Å². The Morgan fingerprint density at radius 3 is 2.68 bits per heavy atom. The summed E-state index contributed by atoms with van der Waals surface area (Å²) in [6.45, 7) is 4.77. The number of rotatable bonds is 2. The first-order chi connectivity index (χ1) is 10.6. The number of aryl methyl sites for hydroxylation is 1. The van der Waals surface area contributed by atoms with E-state index in [2.05, 4.69) is 14.9 Å². The van der Waals surface area contributed by atoms with Crippen LogP contribution in [0.15, 0.2) is 36.8 Å². The molecule has 1 amide bonds. The highest BCUT2D eigenvalue weighted by molar-refractivity contribution is 6.30. The van der Waals surface area contributed by atoms with Gasteiger partial charge in [0.05, 0.1) is 11.3 Å². The molecule has 1 fully saturated rings. The number of piperazine rings is 1. The second-order valence-corrected chi connectivity index (χ2v) is 5.72. The molecule has 114 valence electrons. The summed E-state index contributed by atoms with van der Waals surface area (Å²) in [6.07, 6.45) is 3.05. The molecule has 1 aromatic heterocycles. The lowest BCUT2D eigenvalue weighted by atomic mass is 10.2. The number of nitrogens with zero attached hydrogens (tertiary/aromatic N) is 4. The van der Waals surface area contributed by atoms with E-state index in [9.17, 15) is 4.79 Å². The van der Waals surface area contributed by atoms with Crippen LogP contribution in [-0.4, -0.2) is 47.0 Å². The molecule has 0 atom stereocenters. The van der Waals surface area contributed by atoms with Crippen LogP contribution >= 0.6 is 11.6 Å². The first kappa shape index (κ1) is 14.8. The maximum Gasteiger partial charge on any atom is 0.257 e. The van der Waals surface area contributed by atoms with Gasteiger partial charge in [0.25, 0.3) is 5.91 Å². The average Bonchev–Trinajstić information content (AvgIpc) is 2.55. The number of amides is 1. The summed E-state index contributed by atoms with van der Waals surface area (Å²) in [5.41, 5.74) is 2.40. The number of hydrogen-bond acceptors (Lipinski definition) is 4. The lowest BCUT2D eigenvalue weighted by Crippen LogP contribution is -2.49. The maximum atomic E-state index is 12.5. The van der Waals surface area contributed by atoms with Crippen molar-refractivity contribution in [1.29, 1.82) is 0 Å². The van der Waals surface area contributed by atoms with E-state index < -0.39 is 0 Å². The molecule has 0 N–H and O–H groups in total. The zero-order chi connectivity index (χ0) is 15.5. The van der Waals surface area contributed by atoms with Crippen LogP contribution in [0.5, 0.6) is 0 Å². The molecular formula is C16H17ClN4O. The Morgan fingerprint density at radius 2 is 2.00 bits per heavy atom.